The number of hydrogen-bond acceptors (Lipinski definition) is 4. The molecule has 1 aromatic heterocycles. The first kappa shape index (κ1) is 16.7. The molecule has 2 aromatic rings. The lowest BCUT2D eigenvalue weighted by Gasteiger charge is -2.12. The van der Waals surface area contributed by atoms with Crippen LogP contribution in [0, 0.1) is 6.92 Å². The predicted molar refractivity (Wildman–Crippen MR) is 87.4 cm³/mol. The van der Waals surface area contributed by atoms with E-state index < -0.39 is 6.10 Å². The van der Waals surface area contributed by atoms with Crippen LogP contribution in [0.4, 0.5) is 11.4 Å². The van der Waals surface area contributed by atoms with Crippen LogP contribution in [0.3, 0.4) is 0 Å². The topological polar surface area (TPSA) is 85.2 Å². The van der Waals surface area contributed by atoms with Crippen LogP contribution in [0.1, 0.15) is 23.1 Å². The third kappa shape index (κ3) is 4.17. The second-order valence-corrected chi connectivity index (χ2v) is 5.20. The highest BCUT2D eigenvalue weighted by atomic mass is 16.5. The summed E-state index contributed by atoms with van der Waals surface area (Å²) in [6.07, 6.45) is -0.550. The van der Waals surface area contributed by atoms with Gasteiger partial charge < -0.3 is 15.4 Å². The third-order valence-corrected chi connectivity index (χ3v) is 3.35. The Bertz CT molecular complexity index is 724. The number of aromatic nitrogens is 2. The van der Waals surface area contributed by atoms with Crippen LogP contribution in [-0.2, 0) is 16.6 Å². The number of nitrogens with zero attached hydrogens (tertiary/aromatic N) is 2. The highest BCUT2D eigenvalue weighted by Gasteiger charge is 2.14. The van der Waals surface area contributed by atoms with E-state index in [9.17, 15) is 9.59 Å². The van der Waals surface area contributed by atoms with Crippen LogP contribution in [0.2, 0.25) is 0 Å². The van der Waals surface area contributed by atoms with Crippen molar-refractivity contribution in [2.75, 3.05) is 17.7 Å². The Hall–Kier alpha value is -2.67. The Kier molecular flexibility index (Phi) is 5.13. The highest BCUT2D eigenvalue weighted by Crippen LogP contribution is 2.16. The Balaban J connectivity index is 2.09. The fourth-order valence-electron chi connectivity index (χ4n) is 2.04. The lowest BCUT2D eigenvalue weighted by atomic mass is 10.2. The largest absolute Gasteiger partial charge is 0.372 e. The fourth-order valence-corrected chi connectivity index (χ4v) is 2.04. The van der Waals surface area contributed by atoms with Crippen LogP contribution in [0.25, 0.3) is 0 Å². The van der Waals surface area contributed by atoms with Crippen molar-refractivity contribution in [2.45, 2.75) is 20.0 Å². The van der Waals surface area contributed by atoms with Gasteiger partial charge >= 0.3 is 0 Å². The SMILES string of the molecule is COC(C)C(=O)Nc1cccc(NC(=O)c2cc(C)nn2C)c1. The minimum atomic E-state index is -0.550. The van der Waals surface area contributed by atoms with Gasteiger partial charge in [-0.3, -0.25) is 14.3 Å². The van der Waals surface area contributed by atoms with E-state index in [-0.39, 0.29) is 11.8 Å². The molecule has 2 rings (SSSR count). The van der Waals surface area contributed by atoms with Crippen LogP contribution in [0.5, 0.6) is 0 Å². The van der Waals surface area contributed by atoms with Crippen molar-refractivity contribution in [3.63, 3.8) is 0 Å². The molecule has 122 valence electrons. The van der Waals surface area contributed by atoms with Crippen molar-refractivity contribution in [1.82, 2.24) is 9.78 Å². The Morgan fingerprint density at radius 3 is 2.43 bits per heavy atom. The Morgan fingerprint density at radius 1 is 1.22 bits per heavy atom. The van der Waals surface area contributed by atoms with Gasteiger partial charge in [-0.15, -0.1) is 0 Å². The molecule has 0 bridgehead atoms. The minimum absolute atomic E-state index is 0.252. The predicted octanol–water partition coefficient (Wildman–Crippen LogP) is 1.95. The van der Waals surface area contributed by atoms with Gasteiger partial charge in [-0.1, -0.05) is 6.07 Å². The number of rotatable bonds is 5. The number of aryl methyl sites for hydroxylation is 2. The molecule has 1 unspecified atom stereocenters. The van der Waals surface area contributed by atoms with E-state index in [4.69, 9.17) is 4.74 Å². The van der Waals surface area contributed by atoms with E-state index in [1.807, 2.05) is 6.92 Å². The molecule has 0 aliphatic heterocycles. The third-order valence-electron chi connectivity index (χ3n) is 3.35. The normalized spacial score (nSPS) is 11.8. The van der Waals surface area contributed by atoms with Crippen LogP contribution >= 0.6 is 0 Å². The van der Waals surface area contributed by atoms with Crippen molar-refractivity contribution >= 4 is 23.2 Å². The molecule has 1 atom stereocenters. The zero-order valence-corrected chi connectivity index (χ0v) is 13.6. The van der Waals surface area contributed by atoms with Crippen molar-refractivity contribution < 1.29 is 14.3 Å². The molecule has 7 heteroatoms. The molecule has 0 aliphatic rings. The molecule has 0 aliphatic carbocycles. The number of methoxy groups -OCH3 is 1. The average molecular weight is 316 g/mol. The summed E-state index contributed by atoms with van der Waals surface area (Å²) in [4.78, 5) is 24.1. The summed E-state index contributed by atoms with van der Waals surface area (Å²) < 4.78 is 6.49. The fraction of sp³-hybridized carbons (Fsp3) is 0.312. The number of benzene rings is 1. The summed E-state index contributed by atoms with van der Waals surface area (Å²) in [5.74, 6) is -0.514. The molecule has 2 amide bonds. The number of amides is 2. The van der Waals surface area contributed by atoms with Gasteiger partial charge in [0.15, 0.2) is 0 Å². The van der Waals surface area contributed by atoms with E-state index >= 15 is 0 Å². The molecule has 0 spiro atoms. The first-order chi connectivity index (χ1) is 10.9. The Labute approximate surface area is 134 Å². The molecule has 1 heterocycles. The second-order valence-electron chi connectivity index (χ2n) is 5.20. The first-order valence-corrected chi connectivity index (χ1v) is 7.16. The maximum Gasteiger partial charge on any atom is 0.273 e. The van der Waals surface area contributed by atoms with Gasteiger partial charge in [-0.05, 0) is 38.1 Å². The summed E-state index contributed by atoms with van der Waals surface area (Å²) in [6.45, 7) is 3.48. The molecule has 0 saturated carbocycles. The minimum Gasteiger partial charge on any atom is -0.372 e. The number of ether oxygens (including phenoxy) is 1. The number of anilines is 2. The molecule has 2 N–H and O–H groups in total. The van der Waals surface area contributed by atoms with E-state index in [1.165, 1.54) is 11.8 Å². The molecule has 0 radical (unpaired) electrons. The summed E-state index contributed by atoms with van der Waals surface area (Å²) in [5, 5.41) is 9.66. The first-order valence-electron chi connectivity index (χ1n) is 7.16. The summed E-state index contributed by atoms with van der Waals surface area (Å²) in [6, 6.07) is 8.63. The molecule has 0 fully saturated rings. The summed E-state index contributed by atoms with van der Waals surface area (Å²) >= 11 is 0. The van der Waals surface area contributed by atoms with Crippen LogP contribution < -0.4 is 10.6 Å². The standard InChI is InChI=1S/C16H20N4O3/c1-10-8-14(20(3)19-10)16(22)18-13-7-5-6-12(9-13)17-15(21)11(2)23-4/h5-9,11H,1-4H3,(H,17,21)(H,18,22). The van der Waals surface area contributed by atoms with Gasteiger partial charge in [0.05, 0.1) is 5.69 Å². The number of carbonyl (C=O) groups is 2. The molecular formula is C16H20N4O3. The molecule has 7 nitrogen and oxygen atoms in total. The summed E-state index contributed by atoms with van der Waals surface area (Å²) in [7, 11) is 3.18. The van der Waals surface area contributed by atoms with E-state index in [0.29, 0.717) is 17.1 Å². The van der Waals surface area contributed by atoms with Gasteiger partial charge in [-0.2, -0.15) is 5.10 Å². The Morgan fingerprint density at radius 2 is 1.87 bits per heavy atom. The lowest BCUT2D eigenvalue weighted by molar-refractivity contribution is -0.124. The molecule has 23 heavy (non-hydrogen) atoms. The number of nitrogens with one attached hydrogen (secondary N) is 2. The second kappa shape index (κ2) is 7.06. The van der Waals surface area contributed by atoms with Gasteiger partial charge in [0.2, 0.25) is 0 Å². The molecular weight excluding hydrogens is 296 g/mol. The van der Waals surface area contributed by atoms with Crippen molar-refractivity contribution in [3.05, 3.63) is 41.7 Å². The maximum absolute atomic E-state index is 12.3. The quantitative estimate of drug-likeness (QED) is 0.883. The lowest BCUT2D eigenvalue weighted by Crippen LogP contribution is -2.26. The van der Waals surface area contributed by atoms with Gasteiger partial charge in [-0.25, -0.2) is 0 Å². The zero-order valence-electron chi connectivity index (χ0n) is 13.6. The van der Waals surface area contributed by atoms with Crippen LogP contribution in [0.15, 0.2) is 30.3 Å². The van der Waals surface area contributed by atoms with E-state index in [1.54, 1.807) is 44.3 Å². The zero-order chi connectivity index (χ0) is 17.0. The monoisotopic (exact) mass is 316 g/mol. The van der Waals surface area contributed by atoms with Gasteiger partial charge in [0.25, 0.3) is 11.8 Å². The highest BCUT2D eigenvalue weighted by molar-refractivity contribution is 6.03. The average Bonchev–Trinajstić information content (AvgIpc) is 2.85. The van der Waals surface area contributed by atoms with Crippen LogP contribution in [-0.4, -0.2) is 34.8 Å². The number of carbonyl (C=O) groups excluding carboxylic acids is 2. The van der Waals surface area contributed by atoms with Crippen molar-refractivity contribution in [1.29, 1.82) is 0 Å². The van der Waals surface area contributed by atoms with Gasteiger partial charge in [0, 0.05) is 25.5 Å². The maximum atomic E-state index is 12.3. The smallest absolute Gasteiger partial charge is 0.273 e. The molecule has 0 saturated heterocycles. The van der Waals surface area contributed by atoms with Crippen molar-refractivity contribution in [2.24, 2.45) is 7.05 Å². The van der Waals surface area contributed by atoms with Crippen molar-refractivity contribution in [3.8, 4) is 0 Å². The molecule has 1 aromatic carbocycles. The number of hydrogen-bond donors (Lipinski definition) is 2. The summed E-state index contributed by atoms with van der Waals surface area (Å²) in [5.41, 5.74) is 2.40. The van der Waals surface area contributed by atoms with Gasteiger partial charge in [0.1, 0.15) is 11.8 Å². The van der Waals surface area contributed by atoms with E-state index in [2.05, 4.69) is 15.7 Å². The van der Waals surface area contributed by atoms with E-state index in [0.717, 1.165) is 5.69 Å².